The van der Waals surface area contributed by atoms with Crippen molar-refractivity contribution in [2.45, 2.75) is 32.1 Å². The number of aryl methyl sites for hydroxylation is 2. The summed E-state index contributed by atoms with van der Waals surface area (Å²) in [6.07, 6.45) is 1.99. The fourth-order valence-corrected chi connectivity index (χ4v) is 10.9. The van der Waals surface area contributed by atoms with Gasteiger partial charge < -0.3 is 9.80 Å². The molecule has 10 aromatic rings. The summed E-state index contributed by atoms with van der Waals surface area (Å²) >= 11 is 0. The Morgan fingerprint density at radius 1 is 0.317 bits per heavy atom. The molecule has 2 aliphatic rings. The molecule has 0 amide bonds. The van der Waals surface area contributed by atoms with Gasteiger partial charge in [0.15, 0.2) is 0 Å². The van der Waals surface area contributed by atoms with E-state index in [0.29, 0.717) is 0 Å². The average molecular weight is 807 g/mol. The molecule has 0 aliphatic heterocycles. The van der Waals surface area contributed by atoms with Gasteiger partial charge in [-0.2, -0.15) is 0 Å². The summed E-state index contributed by atoms with van der Waals surface area (Å²) in [4.78, 5) is 4.96. The lowest BCUT2D eigenvalue weighted by Gasteiger charge is -2.34. The van der Waals surface area contributed by atoms with Crippen LogP contribution < -0.4 is 9.80 Å². The van der Waals surface area contributed by atoms with Crippen LogP contribution in [0, 0.1) is 0 Å². The Labute approximate surface area is 370 Å². The topological polar surface area (TPSA) is 6.48 Å². The minimum absolute atomic E-state index is 0.613. The van der Waals surface area contributed by atoms with E-state index >= 15 is 0 Å². The standard InChI is InChI=1S/C61H46N2/c1-3-41-31-35-45(36-32-41)62(43-19-7-5-8-20-43)57-39-55-59(51-27-13-11-25-49(51)57)60-52-28-14-12-26-50(52)58(63(44-21-9-6-10-22-44)46-37-33-42(4-2)34-38-46)40-56(60)61(55)53-29-17-15-23-47(53)48-24-16-18-30-54(48)61/h5-40H,3-4H2,1-2H3. The Hall–Kier alpha value is -7.68. The van der Waals surface area contributed by atoms with E-state index in [2.05, 4.69) is 242 Å². The molecule has 0 fully saturated rings. The molecule has 300 valence electrons. The third-order valence-electron chi connectivity index (χ3n) is 13.8. The van der Waals surface area contributed by atoms with Gasteiger partial charge in [0.05, 0.1) is 16.8 Å². The van der Waals surface area contributed by atoms with Crippen molar-refractivity contribution in [3.8, 4) is 22.3 Å². The number of hydrogen-bond donors (Lipinski definition) is 0. The van der Waals surface area contributed by atoms with Crippen LogP contribution in [-0.4, -0.2) is 0 Å². The molecule has 0 saturated heterocycles. The minimum atomic E-state index is -0.613. The van der Waals surface area contributed by atoms with Gasteiger partial charge in [-0.1, -0.05) is 172 Å². The number of fused-ring (bicyclic) bond motifs is 14. The molecular weight excluding hydrogens is 761 g/mol. The average Bonchev–Trinajstić information content (AvgIpc) is 3.83. The lowest BCUT2D eigenvalue weighted by atomic mass is 9.70. The van der Waals surface area contributed by atoms with Gasteiger partial charge in [-0.15, -0.1) is 0 Å². The van der Waals surface area contributed by atoms with Gasteiger partial charge in [-0.3, -0.25) is 0 Å². The quantitative estimate of drug-likeness (QED) is 0.151. The lowest BCUT2D eigenvalue weighted by molar-refractivity contribution is 0.795. The molecular formula is C61H46N2. The second kappa shape index (κ2) is 14.8. The van der Waals surface area contributed by atoms with Gasteiger partial charge in [0, 0.05) is 33.5 Å². The molecule has 0 aromatic heterocycles. The maximum absolute atomic E-state index is 2.56. The Kier molecular flexibility index (Phi) is 8.69. The van der Waals surface area contributed by atoms with Crippen LogP contribution in [0.5, 0.6) is 0 Å². The number of hydrogen-bond acceptors (Lipinski definition) is 2. The van der Waals surface area contributed by atoms with Gasteiger partial charge in [0.2, 0.25) is 0 Å². The van der Waals surface area contributed by atoms with Crippen LogP contribution in [0.2, 0.25) is 0 Å². The molecule has 2 nitrogen and oxygen atoms in total. The number of anilines is 6. The second-order valence-electron chi connectivity index (χ2n) is 17.0. The molecule has 10 aromatic carbocycles. The zero-order valence-electron chi connectivity index (χ0n) is 35.6. The summed E-state index contributed by atoms with van der Waals surface area (Å²) in [7, 11) is 0. The molecule has 63 heavy (non-hydrogen) atoms. The zero-order chi connectivity index (χ0) is 42.1. The van der Waals surface area contributed by atoms with E-state index in [9.17, 15) is 0 Å². The van der Waals surface area contributed by atoms with E-state index in [-0.39, 0.29) is 0 Å². The molecule has 0 bridgehead atoms. The highest BCUT2D eigenvalue weighted by Crippen LogP contribution is 2.67. The van der Waals surface area contributed by atoms with Gasteiger partial charge in [0.25, 0.3) is 0 Å². The lowest BCUT2D eigenvalue weighted by Crippen LogP contribution is -2.26. The van der Waals surface area contributed by atoms with Crippen molar-refractivity contribution >= 4 is 55.7 Å². The smallest absolute Gasteiger partial charge is 0.0727 e. The van der Waals surface area contributed by atoms with Crippen molar-refractivity contribution < 1.29 is 0 Å². The molecule has 0 heterocycles. The molecule has 0 unspecified atom stereocenters. The maximum atomic E-state index is 2.56. The Balaban J connectivity index is 1.25. The van der Waals surface area contributed by atoms with Crippen LogP contribution in [0.4, 0.5) is 34.1 Å². The van der Waals surface area contributed by atoms with Crippen LogP contribution in [0.1, 0.15) is 47.2 Å². The summed E-state index contributed by atoms with van der Waals surface area (Å²) in [5.41, 5.74) is 19.4. The predicted molar refractivity (Wildman–Crippen MR) is 266 cm³/mol. The molecule has 2 heteroatoms. The maximum Gasteiger partial charge on any atom is 0.0727 e. The van der Waals surface area contributed by atoms with Gasteiger partial charge in [-0.25, -0.2) is 0 Å². The predicted octanol–water partition coefficient (Wildman–Crippen LogP) is 16.4. The van der Waals surface area contributed by atoms with Gasteiger partial charge in [0.1, 0.15) is 0 Å². The molecule has 0 N–H and O–H groups in total. The number of para-hydroxylation sites is 2. The van der Waals surface area contributed by atoms with E-state index in [4.69, 9.17) is 0 Å². The van der Waals surface area contributed by atoms with Gasteiger partial charge in [-0.05, 0) is 140 Å². The number of nitrogens with zero attached hydrogens (tertiary/aromatic N) is 2. The first-order chi connectivity index (χ1) is 31.2. The molecule has 2 aliphatic carbocycles. The third-order valence-corrected chi connectivity index (χ3v) is 13.8. The fourth-order valence-electron chi connectivity index (χ4n) is 10.9. The molecule has 12 rings (SSSR count). The van der Waals surface area contributed by atoms with E-state index in [1.165, 1.54) is 88.6 Å². The first kappa shape index (κ1) is 37.1. The van der Waals surface area contributed by atoms with Crippen LogP contribution >= 0.6 is 0 Å². The highest BCUT2D eigenvalue weighted by atomic mass is 15.1. The summed E-state index contributed by atoms with van der Waals surface area (Å²) in [5, 5.41) is 4.95. The van der Waals surface area contributed by atoms with Crippen molar-refractivity contribution in [3.05, 3.63) is 252 Å². The largest absolute Gasteiger partial charge is 0.310 e. The molecule has 0 atom stereocenters. The van der Waals surface area contributed by atoms with E-state index in [0.717, 1.165) is 35.6 Å². The Morgan fingerprint density at radius 3 is 1.05 bits per heavy atom. The third kappa shape index (κ3) is 5.51. The SMILES string of the molecule is CCc1ccc(N(c2ccccc2)c2cc3c(c4ccccc24)-c2c(cc(N(c4ccccc4)c4ccc(CC)cc4)c4ccccc24)C32c3ccccc3-c3ccccc32)cc1. The van der Waals surface area contributed by atoms with Crippen molar-refractivity contribution in [3.63, 3.8) is 0 Å². The van der Waals surface area contributed by atoms with Crippen molar-refractivity contribution in [2.24, 2.45) is 0 Å². The Bertz CT molecular complexity index is 3120. The van der Waals surface area contributed by atoms with Crippen LogP contribution in [-0.2, 0) is 18.3 Å². The molecule has 0 saturated carbocycles. The summed E-state index contributed by atoms with van der Waals surface area (Å²) in [6.45, 7) is 4.45. The first-order valence-corrected chi connectivity index (χ1v) is 22.4. The van der Waals surface area contributed by atoms with Crippen LogP contribution in [0.25, 0.3) is 43.8 Å². The number of rotatable bonds is 8. The van der Waals surface area contributed by atoms with Crippen molar-refractivity contribution in [1.29, 1.82) is 0 Å². The van der Waals surface area contributed by atoms with Crippen molar-refractivity contribution in [2.75, 3.05) is 9.80 Å². The molecule has 1 spiro atoms. The number of benzene rings is 10. The first-order valence-electron chi connectivity index (χ1n) is 22.4. The minimum Gasteiger partial charge on any atom is -0.310 e. The van der Waals surface area contributed by atoms with Crippen LogP contribution in [0.15, 0.2) is 218 Å². The summed E-state index contributed by atoms with van der Waals surface area (Å²) < 4.78 is 0. The van der Waals surface area contributed by atoms with E-state index in [1.807, 2.05) is 0 Å². The Morgan fingerprint density at radius 2 is 0.651 bits per heavy atom. The summed E-state index contributed by atoms with van der Waals surface area (Å²) in [6, 6.07) is 81.8. The second-order valence-corrected chi connectivity index (χ2v) is 17.0. The highest BCUT2D eigenvalue weighted by Gasteiger charge is 2.53. The zero-order valence-corrected chi connectivity index (χ0v) is 35.6. The van der Waals surface area contributed by atoms with Crippen LogP contribution in [0.3, 0.4) is 0 Å². The van der Waals surface area contributed by atoms with E-state index in [1.54, 1.807) is 0 Å². The monoisotopic (exact) mass is 806 g/mol. The molecule has 0 radical (unpaired) electrons. The normalized spacial score (nSPS) is 12.9. The summed E-state index contributed by atoms with van der Waals surface area (Å²) in [5.74, 6) is 0. The fraction of sp³-hybridized carbons (Fsp3) is 0.0820. The van der Waals surface area contributed by atoms with Crippen molar-refractivity contribution in [1.82, 2.24) is 0 Å². The van der Waals surface area contributed by atoms with E-state index < -0.39 is 5.41 Å². The van der Waals surface area contributed by atoms with Gasteiger partial charge >= 0.3 is 0 Å². The highest BCUT2D eigenvalue weighted by molar-refractivity contribution is 6.19.